The first-order valence-electron chi connectivity index (χ1n) is 6.50. The van der Waals surface area contributed by atoms with E-state index < -0.39 is 0 Å². The zero-order valence-electron chi connectivity index (χ0n) is 11.6. The molecule has 0 bridgehead atoms. The smallest absolute Gasteiger partial charge is 0.235 e. The van der Waals surface area contributed by atoms with Gasteiger partial charge < -0.3 is 10.2 Å². The summed E-state index contributed by atoms with van der Waals surface area (Å²) in [5, 5.41) is 4.00. The number of hydrogen-bond acceptors (Lipinski definition) is 3. The van der Waals surface area contributed by atoms with Crippen LogP contribution in [0.2, 0.25) is 5.02 Å². The second-order valence-electron chi connectivity index (χ2n) is 4.85. The minimum absolute atomic E-state index is 0. The largest absolute Gasteiger partial charge is 0.339 e. The van der Waals surface area contributed by atoms with Crippen LogP contribution in [0.5, 0.6) is 0 Å². The fraction of sp³-hybridized carbons (Fsp3) is 0.500. The van der Waals surface area contributed by atoms with Gasteiger partial charge in [0.2, 0.25) is 5.91 Å². The number of thioether (sulfide) groups is 1. The van der Waals surface area contributed by atoms with Gasteiger partial charge in [-0.25, -0.2) is 0 Å². The maximum absolute atomic E-state index is 12.4. The predicted molar refractivity (Wildman–Crippen MR) is 88.1 cm³/mol. The quantitative estimate of drug-likeness (QED) is 0.862. The molecule has 112 valence electrons. The highest BCUT2D eigenvalue weighted by Gasteiger charge is 2.25. The Morgan fingerprint density at radius 2 is 2.10 bits per heavy atom. The molecule has 2 unspecified atom stereocenters. The van der Waals surface area contributed by atoms with Crippen molar-refractivity contribution in [2.45, 2.75) is 30.0 Å². The Kier molecular flexibility index (Phi) is 7.17. The Labute approximate surface area is 135 Å². The summed E-state index contributed by atoms with van der Waals surface area (Å²) in [4.78, 5) is 15.4. The van der Waals surface area contributed by atoms with E-state index in [-0.39, 0.29) is 23.6 Å². The third-order valence-electron chi connectivity index (χ3n) is 3.15. The molecule has 1 aromatic carbocycles. The van der Waals surface area contributed by atoms with Gasteiger partial charge in [0.05, 0.1) is 5.25 Å². The number of nitrogens with zero attached hydrogens (tertiary/aromatic N) is 1. The van der Waals surface area contributed by atoms with Gasteiger partial charge in [-0.05, 0) is 38.1 Å². The lowest BCUT2D eigenvalue weighted by atomic mass is 10.2. The molecule has 6 heteroatoms. The van der Waals surface area contributed by atoms with Gasteiger partial charge in [-0.2, -0.15) is 0 Å². The highest BCUT2D eigenvalue weighted by Crippen LogP contribution is 2.26. The first kappa shape index (κ1) is 17.6. The number of carbonyl (C=O) groups is 1. The van der Waals surface area contributed by atoms with E-state index in [9.17, 15) is 4.79 Å². The molecule has 0 aliphatic carbocycles. The molecule has 1 saturated heterocycles. The van der Waals surface area contributed by atoms with E-state index in [1.54, 1.807) is 11.8 Å². The fourth-order valence-corrected chi connectivity index (χ4v) is 3.23. The molecule has 1 N–H and O–H groups in total. The van der Waals surface area contributed by atoms with Crippen LogP contribution in [0.25, 0.3) is 0 Å². The van der Waals surface area contributed by atoms with Gasteiger partial charge in [-0.3, -0.25) is 4.79 Å². The topological polar surface area (TPSA) is 32.3 Å². The Morgan fingerprint density at radius 1 is 1.45 bits per heavy atom. The number of benzene rings is 1. The Morgan fingerprint density at radius 3 is 2.70 bits per heavy atom. The molecule has 0 aromatic heterocycles. The van der Waals surface area contributed by atoms with E-state index in [0.717, 1.165) is 29.6 Å². The van der Waals surface area contributed by atoms with Crippen molar-refractivity contribution in [3.63, 3.8) is 0 Å². The molecule has 1 aliphatic heterocycles. The summed E-state index contributed by atoms with van der Waals surface area (Å²) in [6.45, 7) is 6.55. The van der Waals surface area contributed by atoms with Gasteiger partial charge >= 0.3 is 0 Å². The summed E-state index contributed by atoms with van der Waals surface area (Å²) in [5.41, 5.74) is 0. The molecule has 2 atom stereocenters. The average molecular weight is 335 g/mol. The van der Waals surface area contributed by atoms with Crippen LogP contribution in [-0.2, 0) is 4.79 Å². The Hall–Kier alpha value is -0.420. The summed E-state index contributed by atoms with van der Waals surface area (Å²) in [7, 11) is 0. The standard InChI is InChI=1S/C14H19ClN2OS.ClH/c1-10-9-17(8-7-16-10)14(18)11(2)19-13-5-3-12(15)4-6-13;/h3-6,10-11,16H,7-9H2,1-2H3;1H. The SMILES string of the molecule is CC1CN(C(=O)C(C)Sc2ccc(Cl)cc2)CCN1.Cl. The van der Waals surface area contributed by atoms with Crippen molar-refractivity contribution in [3.8, 4) is 0 Å². The van der Waals surface area contributed by atoms with E-state index in [0.29, 0.717) is 6.04 Å². The van der Waals surface area contributed by atoms with Crippen LogP contribution in [-0.4, -0.2) is 41.7 Å². The van der Waals surface area contributed by atoms with Crippen LogP contribution < -0.4 is 5.32 Å². The van der Waals surface area contributed by atoms with Crippen LogP contribution in [0.3, 0.4) is 0 Å². The zero-order chi connectivity index (χ0) is 13.8. The van der Waals surface area contributed by atoms with E-state index in [1.807, 2.05) is 36.1 Å². The van der Waals surface area contributed by atoms with Crippen LogP contribution in [0, 0.1) is 0 Å². The van der Waals surface area contributed by atoms with Crippen molar-refractivity contribution in [1.82, 2.24) is 10.2 Å². The number of amides is 1. The summed E-state index contributed by atoms with van der Waals surface area (Å²) < 4.78 is 0. The summed E-state index contributed by atoms with van der Waals surface area (Å²) >= 11 is 7.44. The fourth-order valence-electron chi connectivity index (χ4n) is 2.16. The predicted octanol–water partition coefficient (Wildman–Crippen LogP) is 3.06. The molecule has 1 amide bonds. The molecule has 1 aromatic rings. The molecule has 0 radical (unpaired) electrons. The van der Waals surface area contributed by atoms with Gasteiger partial charge in [0.15, 0.2) is 0 Å². The minimum atomic E-state index is -0.0634. The van der Waals surface area contributed by atoms with Crippen molar-refractivity contribution in [1.29, 1.82) is 0 Å². The lowest BCUT2D eigenvalue weighted by molar-refractivity contribution is -0.131. The Balaban J connectivity index is 0.00000200. The molecule has 0 saturated carbocycles. The number of piperazine rings is 1. The normalized spacial score (nSPS) is 20.1. The number of halogens is 2. The number of nitrogens with one attached hydrogen (secondary N) is 1. The number of rotatable bonds is 3. The second-order valence-corrected chi connectivity index (χ2v) is 6.70. The monoisotopic (exact) mass is 334 g/mol. The van der Waals surface area contributed by atoms with Crippen LogP contribution in [0.15, 0.2) is 29.2 Å². The maximum Gasteiger partial charge on any atom is 0.235 e. The van der Waals surface area contributed by atoms with Gasteiger partial charge in [0, 0.05) is 35.6 Å². The molecule has 1 fully saturated rings. The van der Waals surface area contributed by atoms with Crippen molar-refractivity contribution in [2.24, 2.45) is 0 Å². The second kappa shape index (κ2) is 8.13. The van der Waals surface area contributed by atoms with Crippen LogP contribution in [0.4, 0.5) is 0 Å². The average Bonchev–Trinajstić information content (AvgIpc) is 2.40. The third kappa shape index (κ3) is 4.85. The molecular formula is C14H20Cl2N2OS. The first-order valence-corrected chi connectivity index (χ1v) is 7.76. The third-order valence-corrected chi connectivity index (χ3v) is 4.51. The molecule has 20 heavy (non-hydrogen) atoms. The van der Waals surface area contributed by atoms with Crippen molar-refractivity contribution < 1.29 is 4.79 Å². The van der Waals surface area contributed by atoms with E-state index in [4.69, 9.17) is 11.6 Å². The van der Waals surface area contributed by atoms with Gasteiger partial charge in [0.25, 0.3) is 0 Å². The van der Waals surface area contributed by atoms with Crippen LogP contribution >= 0.6 is 35.8 Å². The van der Waals surface area contributed by atoms with Gasteiger partial charge in [0.1, 0.15) is 0 Å². The lowest BCUT2D eigenvalue weighted by Gasteiger charge is -2.33. The Bertz CT molecular complexity index is 441. The van der Waals surface area contributed by atoms with E-state index in [1.165, 1.54) is 0 Å². The van der Waals surface area contributed by atoms with Crippen molar-refractivity contribution >= 4 is 41.7 Å². The maximum atomic E-state index is 12.4. The zero-order valence-corrected chi connectivity index (χ0v) is 14.0. The first-order chi connectivity index (χ1) is 9.06. The van der Waals surface area contributed by atoms with Crippen molar-refractivity contribution in [3.05, 3.63) is 29.3 Å². The summed E-state index contributed by atoms with van der Waals surface area (Å²) in [6.07, 6.45) is 0. The van der Waals surface area contributed by atoms with E-state index in [2.05, 4.69) is 12.2 Å². The molecule has 0 spiro atoms. The molecule has 3 nitrogen and oxygen atoms in total. The summed E-state index contributed by atoms with van der Waals surface area (Å²) in [5.74, 6) is 0.216. The highest BCUT2D eigenvalue weighted by molar-refractivity contribution is 8.00. The van der Waals surface area contributed by atoms with Gasteiger partial charge in [-0.1, -0.05) is 11.6 Å². The van der Waals surface area contributed by atoms with E-state index >= 15 is 0 Å². The minimum Gasteiger partial charge on any atom is -0.339 e. The van der Waals surface area contributed by atoms with Crippen molar-refractivity contribution in [2.75, 3.05) is 19.6 Å². The number of carbonyl (C=O) groups excluding carboxylic acids is 1. The molecule has 1 aliphatic rings. The molecule has 1 heterocycles. The van der Waals surface area contributed by atoms with Crippen LogP contribution in [0.1, 0.15) is 13.8 Å². The molecular weight excluding hydrogens is 315 g/mol. The molecule has 2 rings (SSSR count). The lowest BCUT2D eigenvalue weighted by Crippen LogP contribution is -2.53. The number of hydrogen-bond donors (Lipinski definition) is 1. The highest BCUT2D eigenvalue weighted by atomic mass is 35.5. The van der Waals surface area contributed by atoms with Gasteiger partial charge in [-0.15, -0.1) is 24.2 Å². The summed E-state index contributed by atoms with van der Waals surface area (Å²) in [6, 6.07) is 8.00.